The fourth-order valence-corrected chi connectivity index (χ4v) is 4.09. The van der Waals surface area contributed by atoms with Crippen molar-refractivity contribution in [2.75, 3.05) is 25.5 Å². The molecule has 1 aromatic carbocycles. The molecule has 3 aromatic rings. The molecule has 3 heterocycles. The number of hydrogen-bond acceptors (Lipinski definition) is 5. The lowest BCUT2D eigenvalue weighted by molar-refractivity contribution is 0.0732. The van der Waals surface area contributed by atoms with Gasteiger partial charge in [-0.15, -0.1) is 0 Å². The Morgan fingerprint density at radius 3 is 2.60 bits per heavy atom. The molecule has 4 rings (SSSR count). The first kappa shape index (κ1) is 20.3. The Hall–Kier alpha value is -2.93. The van der Waals surface area contributed by atoms with Crippen molar-refractivity contribution >= 4 is 23.5 Å². The second-order valence-electron chi connectivity index (χ2n) is 7.83. The summed E-state index contributed by atoms with van der Waals surface area (Å²) in [6, 6.07) is 7.52. The topological polar surface area (TPSA) is 67.2 Å². The molecule has 1 amide bonds. The Labute approximate surface area is 181 Å². The van der Waals surface area contributed by atoms with E-state index in [0.29, 0.717) is 23.1 Å². The van der Waals surface area contributed by atoms with Gasteiger partial charge in [-0.05, 0) is 37.5 Å². The molecule has 0 radical (unpaired) electrons. The maximum Gasteiger partial charge on any atom is 0.257 e. The highest BCUT2D eigenvalue weighted by atomic mass is 35.5. The predicted molar refractivity (Wildman–Crippen MR) is 118 cm³/mol. The highest BCUT2D eigenvalue weighted by Gasteiger charge is 2.35. The van der Waals surface area contributed by atoms with Gasteiger partial charge in [0.15, 0.2) is 0 Å². The highest BCUT2D eigenvalue weighted by molar-refractivity contribution is 6.30. The Bertz CT molecular complexity index is 1080. The third-order valence-electron chi connectivity index (χ3n) is 5.43. The summed E-state index contributed by atoms with van der Waals surface area (Å²) < 4.78 is 1.68. The molecule has 1 aliphatic rings. The van der Waals surface area contributed by atoms with Crippen molar-refractivity contribution in [3.05, 3.63) is 58.6 Å². The normalized spacial score (nSPS) is 16.2. The summed E-state index contributed by atoms with van der Waals surface area (Å²) in [5.74, 6) is 0.620. The SMILES string of the molecule is Cc1nn(C)cc1C(=O)N1CCC[C@H]1c1nc(N(C)C)ncc1-c1ccc(Cl)cc1. The van der Waals surface area contributed by atoms with Crippen LogP contribution in [0.4, 0.5) is 5.95 Å². The molecule has 8 heteroatoms. The summed E-state index contributed by atoms with van der Waals surface area (Å²) >= 11 is 6.08. The fraction of sp³-hybridized carbons (Fsp3) is 0.364. The van der Waals surface area contributed by atoms with E-state index in [4.69, 9.17) is 16.6 Å². The van der Waals surface area contributed by atoms with E-state index in [-0.39, 0.29) is 11.9 Å². The molecule has 0 saturated carbocycles. The zero-order valence-corrected chi connectivity index (χ0v) is 18.4. The number of carbonyl (C=O) groups is 1. The molecular weight excluding hydrogens is 400 g/mol. The van der Waals surface area contributed by atoms with Gasteiger partial charge in [0.25, 0.3) is 5.91 Å². The average Bonchev–Trinajstić information content (AvgIpc) is 3.34. The van der Waals surface area contributed by atoms with Crippen LogP contribution in [0.3, 0.4) is 0 Å². The number of amides is 1. The van der Waals surface area contributed by atoms with Crippen molar-refractivity contribution in [2.45, 2.75) is 25.8 Å². The summed E-state index contributed by atoms with van der Waals surface area (Å²) in [6.07, 6.45) is 5.42. The van der Waals surface area contributed by atoms with E-state index in [9.17, 15) is 4.79 Å². The Morgan fingerprint density at radius 2 is 1.97 bits per heavy atom. The maximum absolute atomic E-state index is 13.4. The lowest BCUT2D eigenvalue weighted by Gasteiger charge is -2.26. The molecule has 30 heavy (non-hydrogen) atoms. The molecule has 7 nitrogen and oxygen atoms in total. The monoisotopic (exact) mass is 424 g/mol. The van der Waals surface area contributed by atoms with Crippen molar-refractivity contribution in [1.82, 2.24) is 24.6 Å². The number of likely N-dealkylation sites (tertiary alicyclic amines) is 1. The zero-order valence-electron chi connectivity index (χ0n) is 17.6. The molecule has 1 atom stereocenters. The molecular formula is C22H25ClN6O. The van der Waals surface area contributed by atoms with Crippen LogP contribution in [0.1, 0.15) is 40.6 Å². The lowest BCUT2D eigenvalue weighted by Crippen LogP contribution is -2.32. The van der Waals surface area contributed by atoms with Gasteiger partial charge >= 0.3 is 0 Å². The third-order valence-corrected chi connectivity index (χ3v) is 5.69. The van der Waals surface area contributed by atoms with E-state index >= 15 is 0 Å². The number of aromatic nitrogens is 4. The largest absolute Gasteiger partial charge is 0.347 e. The first-order chi connectivity index (χ1) is 14.3. The number of anilines is 1. The number of nitrogens with zero attached hydrogens (tertiary/aromatic N) is 6. The van der Waals surface area contributed by atoms with Crippen LogP contribution >= 0.6 is 11.6 Å². The quantitative estimate of drug-likeness (QED) is 0.635. The smallest absolute Gasteiger partial charge is 0.257 e. The number of hydrogen-bond donors (Lipinski definition) is 0. The van der Waals surface area contributed by atoms with Gasteiger partial charge in [-0.3, -0.25) is 9.48 Å². The molecule has 0 bridgehead atoms. The van der Waals surface area contributed by atoms with Gasteiger partial charge in [0.2, 0.25) is 5.95 Å². The van der Waals surface area contributed by atoms with Crippen molar-refractivity contribution in [2.24, 2.45) is 7.05 Å². The summed E-state index contributed by atoms with van der Waals surface area (Å²) in [5.41, 5.74) is 4.15. The average molecular weight is 425 g/mol. The number of benzene rings is 1. The zero-order chi connectivity index (χ0) is 21.4. The second-order valence-corrected chi connectivity index (χ2v) is 8.27. The summed E-state index contributed by atoms with van der Waals surface area (Å²) in [6.45, 7) is 2.56. The number of carbonyl (C=O) groups excluding carboxylic acids is 1. The number of halogens is 1. The molecule has 1 aliphatic heterocycles. The lowest BCUT2D eigenvalue weighted by atomic mass is 9.99. The standard InChI is InChI=1S/C22H25ClN6O/c1-14-18(13-28(4)26-14)21(30)29-11-5-6-19(29)20-17(12-24-22(25-20)27(2)3)15-7-9-16(23)10-8-15/h7-10,12-13,19H,5-6,11H2,1-4H3/t19-/m0/s1. The molecule has 156 valence electrons. The van der Waals surface area contributed by atoms with Crippen LogP contribution < -0.4 is 4.90 Å². The van der Waals surface area contributed by atoms with Gasteiger partial charge in [0, 0.05) is 50.7 Å². The van der Waals surface area contributed by atoms with E-state index in [1.54, 1.807) is 10.9 Å². The molecule has 1 fully saturated rings. The van der Waals surface area contributed by atoms with Crippen molar-refractivity contribution in [1.29, 1.82) is 0 Å². The van der Waals surface area contributed by atoms with Gasteiger partial charge in [-0.2, -0.15) is 5.10 Å². The molecule has 0 N–H and O–H groups in total. The number of rotatable bonds is 4. The summed E-state index contributed by atoms with van der Waals surface area (Å²) in [7, 11) is 5.66. The minimum atomic E-state index is -0.121. The van der Waals surface area contributed by atoms with E-state index in [2.05, 4.69) is 10.1 Å². The van der Waals surface area contributed by atoms with Crippen LogP contribution in [0.5, 0.6) is 0 Å². The van der Waals surface area contributed by atoms with E-state index in [1.807, 2.05) is 68.3 Å². The van der Waals surface area contributed by atoms with E-state index in [1.165, 1.54) is 0 Å². The van der Waals surface area contributed by atoms with Crippen LogP contribution in [-0.2, 0) is 7.05 Å². The Morgan fingerprint density at radius 1 is 1.23 bits per heavy atom. The van der Waals surface area contributed by atoms with Gasteiger partial charge in [0.05, 0.1) is 23.0 Å². The van der Waals surface area contributed by atoms with Crippen molar-refractivity contribution in [3.8, 4) is 11.1 Å². The van der Waals surface area contributed by atoms with E-state index < -0.39 is 0 Å². The van der Waals surface area contributed by atoms with Gasteiger partial charge in [0.1, 0.15) is 0 Å². The Balaban J connectivity index is 1.78. The first-order valence-electron chi connectivity index (χ1n) is 9.96. The molecule has 0 aliphatic carbocycles. The first-order valence-corrected chi connectivity index (χ1v) is 10.3. The molecule has 1 saturated heterocycles. The predicted octanol–water partition coefficient (Wildman–Crippen LogP) is 3.88. The summed E-state index contributed by atoms with van der Waals surface area (Å²) in [5, 5.41) is 5.01. The van der Waals surface area contributed by atoms with Crippen LogP contribution in [-0.4, -0.2) is 51.2 Å². The highest BCUT2D eigenvalue weighted by Crippen LogP contribution is 2.38. The van der Waals surface area contributed by atoms with E-state index in [0.717, 1.165) is 35.4 Å². The van der Waals surface area contributed by atoms with Crippen molar-refractivity contribution < 1.29 is 4.79 Å². The van der Waals surface area contributed by atoms with Gasteiger partial charge < -0.3 is 9.80 Å². The fourth-order valence-electron chi connectivity index (χ4n) is 3.96. The Kier molecular flexibility index (Phi) is 5.47. The molecule has 2 aromatic heterocycles. The van der Waals surface area contributed by atoms with Crippen LogP contribution in [0.2, 0.25) is 5.02 Å². The van der Waals surface area contributed by atoms with Gasteiger partial charge in [-0.1, -0.05) is 23.7 Å². The van der Waals surface area contributed by atoms with Crippen LogP contribution in [0, 0.1) is 6.92 Å². The second kappa shape index (κ2) is 8.07. The van der Waals surface area contributed by atoms with Crippen LogP contribution in [0.15, 0.2) is 36.7 Å². The molecule has 0 spiro atoms. The minimum Gasteiger partial charge on any atom is -0.347 e. The van der Waals surface area contributed by atoms with Gasteiger partial charge in [-0.25, -0.2) is 9.97 Å². The van der Waals surface area contributed by atoms with Crippen LogP contribution in [0.25, 0.3) is 11.1 Å². The molecule has 0 unspecified atom stereocenters. The summed E-state index contributed by atoms with van der Waals surface area (Å²) in [4.78, 5) is 26.6. The third kappa shape index (κ3) is 3.77. The van der Waals surface area contributed by atoms with Crippen molar-refractivity contribution in [3.63, 3.8) is 0 Å². The number of aryl methyl sites for hydroxylation is 2. The maximum atomic E-state index is 13.4. The minimum absolute atomic E-state index is 0.00447.